The number of benzene rings is 4. The summed E-state index contributed by atoms with van der Waals surface area (Å²) in [4.78, 5) is 5.59. The van der Waals surface area contributed by atoms with Crippen molar-refractivity contribution in [1.29, 1.82) is 0 Å². The molecule has 0 saturated heterocycles. The van der Waals surface area contributed by atoms with Gasteiger partial charge in [-0.25, -0.2) is 0 Å². The lowest BCUT2D eigenvalue weighted by atomic mass is 9.34. The number of hydrogen-bond acceptors (Lipinski definition) is 3. The molecule has 382 valence electrons. The molecule has 5 aliphatic carbocycles. The van der Waals surface area contributed by atoms with Crippen LogP contribution in [0.15, 0.2) is 118 Å². The van der Waals surface area contributed by atoms with Crippen molar-refractivity contribution in [3.05, 3.63) is 152 Å². The quantitative estimate of drug-likeness (QED) is 0.190. The minimum atomic E-state index is -0.315. The predicted molar refractivity (Wildman–Crippen MR) is 311 cm³/mol. The summed E-state index contributed by atoms with van der Waals surface area (Å²) in [5.74, 6) is 0. The SMILES string of the molecule is Cc1cc2c3c(c1)N(C1=CC4=C(CC1(C)c1ccccc1)C(C)(C)CCC4(C)C)c1cc4c(cc1B3C1=C(C3=C(CO1)C(C)(C)CCC3(C)C)N2c1ccc2c(c1)C(C)(C)CCC2(C)C)C(C)(C)CCC4(C)C. The van der Waals surface area contributed by atoms with Gasteiger partial charge in [-0.15, -0.1) is 0 Å². The molecular formula is C69H87BN2O. The number of allylic oxidation sites excluding steroid dienone is 5. The number of rotatable bonds is 3. The first kappa shape index (κ1) is 49.2. The second-order valence-electron chi connectivity index (χ2n) is 30.2. The van der Waals surface area contributed by atoms with Crippen LogP contribution >= 0.6 is 0 Å². The van der Waals surface area contributed by atoms with Crippen LogP contribution in [0.1, 0.15) is 209 Å². The second kappa shape index (κ2) is 15.2. The third kappa shape index (κ3) is 7.01. The molecule has 0 radical (unpaired) electrons. The van der Waals surface area contributed by atoms with Crippen molar-refractivity contribution in [3.8, 4) is 0 Å². The number of fused-ring (bicyclic) bond motifs is 6. The lowest BCUT2D eigenvalue weighted by molar-refractivity contribution is 0.179. The fraction of sp³-hybridized carbons (Fsp3) is 0.536. The summed E-state index contributed by atoms with van der Waals surface area (Å²) < 4.78 is 7.74. The standard InChI is InChI=1S/C69H87BN2O/c1-42-34-54-58-55(35-42)72(56-39-49-50(66(12,13)31-30-65(49,10)11)40-69(56,18)43-22-20-19-21-23-43)53-38-48-47(63(6,7)28-29-64(48,8)9)37-52(53)70(58)60-59(57-51(41-73-60)67(14,15)32-33-68(57,16)17)71(54)44-24-25-45-46(36-44)62(4,5)27-26-61(45,2)3/h19-25,34-39H,26-33,40-41H2,1-18H3. The van der Waals surface area contributed by atoms with Crippen LogP contribution in [0.2, 0.25) is 0 Å². The Bertz CT molecular complexity index is 3190. The Labute approximate surface area is 442 Å². The summed E-state index contributed by atoms with van der Waals surface area (Å²) in [7, 11) is 0. The van der Waals surface area contributed by atoms with Gasteiger partial charge >= 0.3 is 0 Å². The molecule has 4 aromatic rings. The molecule has 73 heavy (non-hydrogen) atoms. The van der Waals surface area contributed by atoms with Crippen LogP contribution in [-0.2, 0) is 31.8 Å². The lowest BCUT2D eigenvalue weighted by Crippen LogP contribution is -2.60. The van der Waals surface area contributed by atoms with E-state index in [1.807, 2.05) is 0 Å². The summed E-state index contributed by atoms with van der Waals surface area (Å²) in [6, 6.07) is 29.8. The molecule has 4 heteroatoms. The molecule has 3 nitrogen and oxygen atoms in total. The molecule has 4 aromatic carbocycles. The summed E-state index contributed by atoms with van der Waals surface area (Å²) in [6.07, 6.45) is 13.1. The van der Waals surface area contributed by atoms with Gasteiger partial charge in [-0.05, 0) is 212 Å². The molecule has 12 rings (SSSR count). The van der Waals surface area contributed by atoms with E-state index in [1.54, 1.807) is 11.1 Å². The van der Waals surface area contributed by atoms with Crippen molar-refractivity contribution in [2.24, 2.45) is 21.7 Å². The summed E-state index contributed by atoms with van der Waals surface area (Å²) in [6.45, 7) is 45.6. The zero-order chi connectivity index (χ0) is 52.2. The molecular weight excluding hydrogens is 884 g/mol. The maximum absolute atomic E-state index is 7.74. The van der Waals surface area contributed by atoms with E-state index >= 15 is 0 Å². The molecule has 0 aromatic heterocycles. The van der Waals surface area contributed by atoms with Crippen molar-refractivity contribution < 1.29 is 4.74 Å². The molecule has 1 unspecified atom stereocenters. The van der Waals surface area contributed by atoms with Crippen molar-refractivity contribution >= 4 is 40.4 Å². The van der Waals surface area contributed by atoms with Gasteiger partial charge in [0.2, 0.25) is 0 Å². The Kier molecular flexibility index (Phi) is 10.3. The second-order valence-corrected chi connectivity index (χ2v) is 30.2. The average Bonchev–Trinajstić information content (AvgIpc) is 3.32. The molecule has 8 aliphatic rings. The highest BCUT2D eigenvalue weighted by Crippen LogP contribution is 2.62. The first-order valence-corrected chi connectivity index (χ1v) is 28.6. The Morgan fingerprint density at radius 2 is 1.00 bits per heavy atom. The van der Waals surface area contributed by atoms with Crippen molar-refractivity contribution in [3.63, 3.8) is 0 Å². The Morgan fingerprint density at radius 3 is 1.63 bits per heavy atom. The third-order valence-corrected chi connectivity index (χ3v) is 21.5. The van der Waals surface area contributed by atoms with Gasteiger partial charge in [-0.2, -0.15) is 0 Å². The van der Waals surface area contributed by atoms with Crippen LogP contribution in [0.25, 0.3) is 0 Å². The highest BCUT2D eigenvalue weighted by molar-refractivity contribution is 6.94. The number of ether oxygens (including phenoxy) is 1. The minimum Gasteiger partial charge on any atom is -0.501 e. The van der Waals surface area contributed by atoms with E-state index in [-0.39, 0.29) is 55.4 Å². The average molecular weight is 971 g/mol. The zero-order valence-corrected chi connectivity index (χ0v) is 48.5. The normalized spacial score (nSPS) is 26.8. The fourth-order valence-electron chi connectivity index (χ4n) is 16.0. The maximum Gasteiger partial charge on any atom is 0.296 e. The topological polar surface area (TPSA) is 15.7 Å². The van der Waals surface area contributed by atoms with Crippen molar-refractivity contribution in [2.45, 2.75) is 209 Å². The summed E-state index contributed by atoms with van der Waals surface area (Å²) in [5, 5.41) is 0. The van der Waals surface area contributed by atoms with Crippen LogP contribution in [0.4, 0.5) is 22.7 Å². The molecule has 0 bridgehead atoms. The number of anilines is 4. The minimum absolute atomic E-state index is 0.0231. The van der Waals surface area contributed by atoms with Gasteiger partial charge in [0.05, 0.1) is 11.4 Å². The molecule has 0 spiro atoms. The third-order valence-electron chi connectivity index (χ3n) is 21.5. The maximum atomic E-state index is 7.74. The van der Waals surface area contributed by atoms with E-state index in [2.05, 4.69) is 213 Å². The van der Waals surface area contributed by atoms with Gasteiger partial charge in [-0.1, -0.05) is 159 Å². The van der Waals surface area contributed by atoms with Gasteiger partial charge in [0, 0.05) is 33.9 Å². The van der Waals surface area contributed by atoms with E-state index in [1.165, 1.54) is 128 Å². The Balaban J connectivity index is 1.24. The fourth-order valence-corrected chi connectivity index (χ4v) is 16.0. The molecule has 3 aliphatic heterocycles. The lowest BCUT2D eigenvalue weighted by Gasteiger charge is -2.55. The highest BCUT2D eigenvalue weighted by Gasteiger charge is 2.56. The highest BCUT2D eigenvalue weighted by atomic mass is 16.5. The Morgan fingerprint density at radius 1 is 0.479 bits per heavy atom. The van der Waals surface area contributed by atoms with Crippen molar-refractivity contribution in [2.75, 3.05) is 16.4 Å². The number of hydrogen-bond donors (Lipinski definition) is 0. The monoisotopic (exact) mass is 971 g/mol. The summed E-state index contributed by atoms with van der Waals surface area (Å²) in [5.41, 5.74) is 26.9. The first-order chi connectivity index (χ1) is 33.9. The van der Waals surface area contributed by atoms with Crippen LogP contribution in [-0.4, -0.2) is 13.3 Å². The molecule has 1 atom stereocenters. The van der Waals surface area contributed by atoms with E-state index in [4.69, 9.17) is 4.74 Å². The van der Waals surface area contributed by atoms with Crippen LogP contribution in [0.3, 0.4) is 0 Å². The Hall–Kier alpha value is -4.70. The predicted octanol–water partition coefficient (Wildman–Crippen LogP) is 17.2. The van der Waals surface area contributed by atoms with Gasteiger partial charge < -0.3 is 14.5 Å². The van der Waals surface area contributed by atoms with Crippen LogP contribution < -0.4 is 20.7 Å². The van der Waals surface area contributed by atoms with E-state index in [0.29, 0.717) is 6.61 Å². The van der Waals surface area contributed by atoms with Crippen molar-refractivity contribution in [1.82, 2.24) is 0 Å². The largest absolute Gasteiger partial charge is 0.501 e. The van der Waals surface area contributed by atoms with E-state index in [9.17, 15) is 0 Å². The van der Waals surface area contributed by atoms with E-state index in [0.717, 1.165) is 24.9 Å². The molecule has 0 fully saturated rings. The van der Waals surface area contributed by atoms with Gasteiger partial charge in [-0.3, -0.25) is 0 Å². The first-order valence-electron chi connectivity index (χ1n) is 28.6. The van der Waals surface area contributed by atoms with Crippen LogP contribution in [0.5, 0.6) is 0 Å². The van der Waals surface area contributed by atoms with Crippen LogP contribution in [0, 0.1) is 28.6 Å². The number of aryl methyl sites for hydroxylation is 1. The smallest absolute Gasteiger partial charge is 0.296 e. The molecule has 3 heterocycles. The van der Waals surface area contributed by atoms with Gasteiger partial charge in [0.15, 0.2) is 0 Å². The van der Waals surface area contributed by atoms with E-state index < -0.39 is 0 Å². The number of nitrogens with zero attached hydrogens (tertiary/aromatic N) is 2. The molecule has 0 N–H and O–H groups in total. The zero-order valence-electron chi connectivity index (χ0n) is 48.5. The summed E-state index contributed by atoms with van der Waals surface area (Å²) >= 11 is 0. The van der Waals surface area contributed by atoms with Gasteiger partial charge in [0.25, 0.3) is 6.71 Å². The molecule has 0 amide bonds. The molecule has 0 saturated carbocycles. The van der Waals surface area contributed by atoms with Gasteiger partial charge in [0.1, 0.15) is 6.61 Å².